The first-order chi connectivity index (χ1) is 9.06. The maximum atomic E-state index is 10.9. The first-order valence-corrected chi connectivity index (χ1v) is 5.69. The fraction of sp³-hybridized carbons (Fsp3) is 0.154. The van der Waals surface area contributed by atoms with E-state index in [0.717, 1.165) is 11.1 Å². The van der Waals surface area contributed by atoms with Gasteiger partial charge in [-0.15, -0.1) is 0 Å². The Morgan fingerprint density at radius 2 is 1.95 bits per heavy atom. The van der Waals surface area contributed by atoms with Gasteiger partial charge in [-0.1, -0.05) is 24.3 Å². The molecule has 0 spiro atoms. The molecule has 6 heteroatoms. The van der Waals surface area contributed by atoms with E-state index < -0.39 is 12.0 Å². The van der Waals surface area contributed by atoms with Crippen LogP contribution in [-0.2, 0) is 11.2 Å². The molecular formula is C13H13N3O3. The summed E-state index contributed by atoms with van der Waals surface area (Å²) in [7, 11) is 0. The highest BCUT2D eigenvalue weighted by Gasteiger charge is 2.11. The molecule has 0 saturated heterocycles. The third kappa shape index (κ3) is 3.26. The first-order valence-electron chi connectivity index (χ1n) is 5.69. The number of H-pyrrole nitrogens is 1. The average Bonchev–Trinajstić information content (AvgIpc) is 2.40. The van der Waals surface area contributed by atoms with Crippen LogP contribution in [0.25, 0.3) is 11.3 Å². The second-order valence-electron chi connectivity index (χ2n) is 4.15. The van der Waals surface area contributed by atoms with Crippen molar-refractivity contribution in [3.63, 3.8) is 0 Å². The third-order valence-corrected chi connectivity index (χ3v) is 2.70. The number of aromatic amines is 1. The predicted octanol–water partition coefficient (Wildman–Crippen LogP) is 0.391. The number of aromatic nitrogens is 2. The van der Waals surface area contributed by atoms with E-state index in [9.17, 15) is 9.59 Å². The van der Waals surface area contributed by atoms with E-state index in [4.69, 9.17) is 10.8 Å². The van der Waals surface area contributed by atoms with Crippen molar-refractivity contribution >= 4 is 5.97 Å². The van der Waals surface area contributed by atoms with Crippen molar-refractivity contribution < 1.29 is 9.90 Å². The van der Waals surface area contributed by atoms with Gasteiger partial charge in [-0.05, 0) is 18.1 Å². The molecule has 0 aliphatic heterocycles. The Balaban J connectivity index is 2.16. The topological polar surface area (TPSA) is 109 Å². The van der Waals surface area contributed by atoms with E-state index >= 15 is 0 Å². The number of nitrogens with zero attached hydrogens (tertiary/aromatic N) is 1. The first kappa shape index (κ1) is 13.0. The molecule has 6 nitrogen and oxygen atoms in total. The lowest BCUT2D eigenvalue weighted by atomic mass is 10.0. The molecule has 98 valence electrons. The van der Waals surface area contributed by atoms with Gasteiger partial charge in [0.2, 0.25) is 0 Å². The number of hydrogen-bond acceptors (Lipinski definition) is 4. The molecule has 4 N–H and O–H groups in total. The summed E-state index contributed by atoms with van der Waals surface area (Å²) in [6.07, 6.45) is 0.272. The number of aliphatic carboxylic acids is 1. The van der Waals surface area contributed by atoms with Crippen molar-refractivity contribution in [1.82, 2.24) is 10.2 Å². The molecule has 1 aromatic carbocycles. The average molecular weight is 259 g/mol. The van der Waals surface area contributed by atoms with Gasteiger partial charge >= 0.3 is 5.97 Å². The Morgan fingerprint density at radius 1 is 1.26 bits per heavy atom. The normalized spacial score (nSPS) is 12.1. The Morgan fingerprint density at radius 3 is 2.47 bits per heavy atom. The summed E-state index contributed by atoms with van der Waals surface area (Å²) in [6.45, 7) is 0. The molecule has 2 rings (SSSR count). The van der Waals surface area contributed by atoms with Gasteiger partial charge in [-0.2, -0.15) is 5.10 Å². The van der Waals surface area contributed by atoms with Crippen molar-refractivity contribution in [1.29, 1.82) is 0 Å². The molecule has 0 aliphatic carbocycles. The maximum absolute atomic E-state index is 10.9. The van der Waals surface area contributed by atoms with Crippen LogP contribution in [0.5, 0.6) is 0 Å². The molecule has 19 heavy (non-hydrogen) atoms. The van der Waals surface area contributed by atoms with Crippen LogP contribution in [0.1, 0.15) is 5.56 Å². The monoisotopic (exact) mass is 259 g/mol. The number of carboxylic acids is 1. The highest BCUT2D eigenvalue weighted by atomic mass is 16.4. The highest BCUT2D eigenvalue weighted by molar-refractivity contribution is 5.73. The van der Waals surface area contributed by atoms with Crippen LogP contribution in [0, 0.1) is 0 Å². The van der Waals surface area contributed by atoms with Gasteiger partial charge in [-0.25, -0.2) is 5.10 Å². The number of nitrogens with two attached hydrogens (primary N) is 1. The SMILES string of the molecule is N[C@@H](Cc1ccc(-c2ccc(=O)[nH]n2)cc1)C(=O)O. The molecule has 0 amide bonds. The second-order valence-corrected chi connectivity index (χ2v) is 4.15. The molecule has 1 atom stereocenters. The molecule has 0 radical (unpaired) electrons. The summed E-state index contributed by atoms with van der Waals surface area (Å²) in [5.41, 5.74) is 7.53. The minimum Gasteiger partial charge on any atom is -0.480 e. The maximum Gasteiger partial charge on any atom is 0.320 e. The van der Waals surface area contributed by atoms with Gasteiger partial charge in [0, 0.05) is 11.6 Å². The van der Waals surface area contributed by atoms with Gasteiger partial charge in [0.1, 0.15) is 6.04 Å². The van der Waals surface area contributed by atoms with Crippen LogP contribution >= 0.6 is 0 Å². The van der Waals surface area contributed by atoms with Gasteiger partial charge < -0.3 is 10.8 Å². The zero-order valence-electron chi connectivity index (χ0n) is 10.0. The van der Waals surface area contributed by atoms with E-state index in [0.29, 0.717) is 5.69 Å². The van der Waals surface area contributed by atoms with Gasteiger partial charge in [0.05, 0.1) is 5.69 Å². The van der Waals surface area contributed by atoms with E-state index in [1.165, 1.54) is 6.07 Å². The number of carboxylic acid groups (broad SMARTS) is 1. The number of carbonyl (C=O) groups is 1. The minimum atomic E-state index is -1.02. The highest BCUT2D eigenvalue weighted by Crippen LogP contribution is 2.16. The molecule has 0 bridgehead atoms. The second kappa shape index (κ2) is 5.45. The minimum absolute atomic E-state index is 0.257. The lowest BCUT2D eigenvalue weighted by Crippen LogP contribution is -2.32. The molecule has 0 saturated carbocycles. The summed E-state index contributed by atoms with van der Waals surface area (Å²) in [5, 5.41) is 15.0. The standard InChI is InChI=1S/C13H13N3O3/c14-10(13(18)19)7-8-1-3-9(4-2-8)11-5-6-12(17)16-15-11/h1-6,10H,7,14H2,(H,16,17)(H,18,19)/t10-/m0/s1. The molecule has 0 fully saturated rings. The van der Waals surface area contributed by atoms with E-state index in [2.05, 4.69) is 10.2 Å². The molecular weight excluding hydrogens is 246 g/mol. The van der Waals surface area contributed by atoms with Crippen LogP contribution < -0.4 is 11.3 Å². The van der Waals surface area contributed by atoms with Crippen LogP contribution in [-0.4, -0.2) is 27.3 Å². The van der Waals surface area contributed by atoms with Crippen LogP contribution in [0.3, 0.4) is 0 Å². The van der Waals surface area contributed by atoms with Gasteiger partial charge in [0.15, 0.2) is 0 Å². The number of rotatable bonds is 4. The number of benzene rings is 1. The fourth-order valence-electron chi connectivity index (χ4n) is 1.66. The lowest BCUT2D eigenvalue weighted by molar-refractivity contribution is -0.138. The Labute approximate surface area is 108 Å². The summed E-state index contributed by atoms with van der Waals surface area (Å²) < 4.78 is 0. The fourth-order valence-corrected chi connectivity index (χ4v) is 1.66. The zero-order valence-corrected chi connectivity index (χ0v) is 10.0. The van der Waals surface area contributed by atoms with Crippen molar-refractivity contribution in [2.45, 2.75) is 12.5 Å². The van der Waals surface area contributed by atoms with Crippen molar-refractivity contribution in [2.24, 2.45) is 5.73 Å². The Kier molecular flexibility index (Phi) is 3.72. The summed E-state index contributed by atoms with van der Waals surface area (Å²) in [4.78, 5) is 21.6. The van der Waals surface area contributed by atoms with E-state index in [1.54, 1.807) is 18.2 Å². The van der Waals surface area contributed by atoms with E-state index in [-0.39, 0.29) is 12.0 Å². The zero-order chi connectivity index (χ0) is 13.8. The quantitative estimate of drug-likeness (QED) is 0.736. The third-order valence-electron chi connectivity index (χ3n) is 2.70. The Hall–Kier alpha value is -2.47. The largest absolute Gasteiger partial charge is 0.480 e. The summed E-state index contributed by atoms with van der Waals surface area (Å²) in [6, 6.07) is 9.33. The molecule has 2 aromatic rings. The summed E-state index contributed by atoms with van der Waals surface area (Å²) in [5.74, 6) is -1.02. The van der Waals surface area contributed by atoms with Crippen LogP contribution in [0.2, 0.25) is 0 Å². The van der Waals surface area contributed by atoms with Crippen molar-refractivity contribution in [3.8, 4) is 11.3 Å². The summed E-state index contributed by atoms with van der Waals surface area (Å²) >= 11 is 0. The molecule has 0 unspecified atom stereocenters. The molecule has 1 aromatic heterocycles. The van der Waals surface area contributed by atoms with Crippen molar-refractivity contribution in [3.05, 3.63) is 52.3 Å². The number of hydrogen-bond donors (Lipinski definition) is 3. The van der Waals surface area contributed by atoms with Gasteiger partial charge in [-0.3, -0.25) is 9.59 Å². The van der Waals surface area contributed by atoms with Crippen molar-refractivity contribution in [2.75, 3.05) is 0 Å². The predicted molar refractivity (Wildman–Crippen MR) is 69.6 cm³/mol. The Bertz CT molecular complexity index is 614. The molecule has 0 aliphatic rings. The van der Waals surface area contributed by atoms with Crippen LogP contribution in [0.4, 0.5) is 0 Å². The smallest absolute Gasteiger partial charge is 0.320 e. The van der Waals surface area contributed by atoms with Gasteiger partial charge in [0.25, 0.3) is 5.56 Å². The van der Waals surface area contributed by atoms with E-state index in [1.807, 2.05) is 12.1 Å². The number of nitrogens with one attached hydrogen (secondary N) is 1. The van der Waals surface area contributed by atoms with Crippen LogP contribution in [0.15, 0.2) is 41.2 Å². The molecule has 1 heterocycles. The lowest BCUT2D eigenvalue weighted by Gasteiger charge is -2.07.